The molecule has 3 rings (SSSR count). The van der Waals surface area contributed by atoms with Crippen molar-refractivity contribution in [2.45, 2.75) is 33.2 Å². The van der Waals surface area contributed by atoms with Crippen LogP contribution in [0.4, 0.5) is 4.39 Å². The third-order valence-electron chi connectivity index (χ3n) is 5.29. The van der Waals surface area contributed by atoms with E-state index in [1.807, 2.05) is 26.0 Å². The number of benzene rings is 2. The number of amides is 2. The normalized spacial score (nSPS) is 18.9. The SMILES string of the molecule is CCOc1ccccc1C(=O)N1CCC[C@](C)(C(=O)NCc2cccc(F)c2)C1. The zero-order valence-corrected chi connectivity index (χ0v) is 16.9. The van der Waals surface area contributed by atoms with Crippen molar-refractivity contribution in [3.8, 4) is 5.75 Å². The molecule has 5 nitrogen and oxygen atoms in total. The number of piperidine rings is 1. The van der Waals surface area contributed by atoms with Gasteiger partial charge in [0.25, 0.3) is 5.91 Å². The molecule has 1 atom stereocenters. The van der Waals surface area contributed by atoms with Crippen molar-refractivity contribution >= 4 is 11.8 Å². The second-order valence-electron chi connectivity index (χ2n) is 7.63. The molecular formula is C23H27FN2O3. The van der Waals surface area contributed by atoms with Gasteiger partial charge in [0.2, 0.25) is 5.91 Å². The van der Waals surface area contributed by atoms with Gasteiger partial charge in [-0.15, -0.1) is 0 Å². The number of likely N-dealkylation sites (tertiary alicyclic amines) is 1. The summed E-state index contributed by atoms with van der Waals surface area (Å²) in [7, 11) is 0. The van der Waals surface area contributed by atoms with Gasteiger partial charge in [-0.05, 0) is 56.5 Å². The van der Waals surface area contributed by atoms with E-state index in [-0.39, 0.29) is 24.2 Å². The molecule has 0 unspecified atom stereocenters. The Kier molecular flexibility index (Phi) is 6.52. The van der Waals surface area contributed by atoms with Crippen molar-refractivity contribution in [1.82, 2.24) is 10.2 Å². The van der Waals surface area contributed by atoms with Crippen molar-refractivity contribution in [3.05, 3.63) is 65.5 Å². The molecule has 0 bridgehead atoms. The zero-order chi connectivity index (χ0) is 20.9. The van der Waals surface area contributed by atoms with Crippen molar-refractivity contribution in [2.75, 3.05) is 19.7 Å². The van der Waals surface area contributed by atoms with Gasteiger partial charge in [0.15, 0.2) is 0 Å². The minimum Gasteiger partial charge on any atom is -0.493 e. The number of hydrogen-bond donors (Lipinski definition) is 1. The summed E-state index contributed by atoms with van der Waals surface area (Å²) >= 11 is 0. The zero-order valence-electron chi connectivity index (χ0n) is 16.9. The Morgan fingerprint density at radius 2 is 2.00 bits per heavy atom. The fourth-order valence-corrected chi connectivity index (χ4v) is 3.74. The number of nitrogens with one attached hydrogen (secondary N) is 1. The van der Waals surface area contributed by atoms with E-state index >= 15 is 0 Å². The highest BCUT2D eigenvalue weighted by Gasteiger charge is 2.39. The van der Waals surface area contributed by atoms with E-state index in [1.54, 1.807) is 29.2 Å². The monoisotopic (exact) mass is 398 g/mol. The largest absolute Gasteiger partial charge is 0.493 e. The molecule has 2 aromatic carbocycles. The molecule has 0 aliphatic carbocycles. The lowest BCUT2D eigenvalue weighted by molar-refractivity contribution is -0.132. The molecule has 1 fully saturated rings. The van der Waals surface area contributed by atoms with Crippen LogP contribution in [0.1, 0.15) is 42.6 Å². The molecule has 1 heterocycles. The number of para-hydroxylation sites is 1. The number of carbonyl (C=O) groups excluding carboxylic acids is 2. The van der Waals surface area contributed by atoms with Crippen LogP contribution in [-0.4, -0.2) is 36.4 Å². The molecule has 0 radical (unpaired) electrons. The van der Waals surface area contributed by atoms with Crippen LogP contribution in [0.25, 0.3) is 0 Å². The van der Waals surface area contributed by atoms with Crippen molar-refractivity contribution in [1.29, 1.82) is 0 Å². The molecule has 0 spiro atoms. The first-order valence-corrected chi connectivity index (χ1v) is 9.97. The van der Waals surface area contributed by atoms with Crippen molar-refractivity contribution < 1.29 is 18.7 Å². The minimum atomic E-state index is -0.693. The van der Waals surface area contributed by atoms with Gasteiger partial charge in [0.05, 0.1) is 17.6 Å². The highest BCUT2D eigenvalue weighted by atomic mass is 19.1. The van der Waals surface area contributed by atoms with Crippen LogP contribution in [0.5, 0.6) is 5.75 Å². The maximum absolute atomic E-state index is 13.3. The van der Waals surface area contributed by atoms with Crippen LogP contribution >= 0.6 is 0 Å². The third kappa shape index (κ3) is 4.94. The first-order chi connectivity index (χ1) is 13.9. The topological polar surface area (TPSA) is 58.6 Å². The van der Waals surface area contributed by atoms with Crippen LogP contribution < -0.4 is 10.1 Å². The molecule has 2 aromatic rings. The molecule has 0 saturated carbocycles. The fraction of sp³-hybridized carbons (Fsp3) is 0.391. The van der Waals surface area contributed by atoms with Gasteiger partial charge in [-0.25, -0.2) is 4.39 Å². The van der Waals surface area contributed by atoms with Crippen LogP contribution in [-0.2, 0) is 11.3 Å². The number of carbonyl (C=O) groups is 2. The first-order valence-electron chi connectivity index (χ1n) is 9.97. The number of hydrogen-bond acceptors (Lipinski definition) is 3. The Labute approximate surface area is 170 Å². The highest BCUT2D eigenvalue weighted by molar-refractivity contribution is 5.97. The molecular weight excluding hydrogens is 371 g/mol. The van der Waals surface area contributed by atoms with E-state index in [0.717, 1.165) is 6.42 Å². The Morgan fingerprint density at radius 1 is 1.21 bits per heavy atom. The predicted molar refractivity (Wildman–Crippen MR) is 109 cm³/mol. The maximum Gasteiger partial charge on any atom is 0.257 e. The second kappa shape index (κ2) is 9.07. The summed E-state index contributed by atoms with van der Waals surface area (Å²) in [6.07, 6.45) is 1.44. The second-order valence-corrected chi connectivity index (χ2v) is 7.63. The van der Waals surface area contributed by atoms with Gasteiger partial charge in [-0.2, -0.15) is 0 Å². The van der Waals surface area contributed by atoms with E-state index in [4.69, 9.17) is 4.74 Å². The summed E-state index contributed by atoms with van der Waals surface area (Å²) in [6.45, 7) is 5.43. The van der Waals surface area contributed by atoms with Crippen molar-refractivity contribution in [2.24, 2.45) is 5.41 Å². The summed E-state index contributed by atoms with van der Waals surface area (Å²) in [4.78, 5) is 27.7. The Balaban J connectivity index is 1.68. The van der Waals surface area contributed by atoms with E-state index < -0.39 is 5.41 Å². The standard InChI is InChI=1S/C23H27FN2O3/c1-3-29-20-11-5-4-10-19(20)21(27)26-13-7-12-23(2,16-26)22(28)25-15-17-8-6-9-18(24)14-17/h4-6,8-11,14H,3,7,12-13,15-16H2,1-2H3,(H,25,28)/t23-/m0/s1. The smallest absolute Gasteiger partial charge is 0.257 e. The Bertz CT molecular complexity index is 886. The number of rotatable bonds is 6. The lowest BCUT2D eigenvalue weighted by atomic mass is 9.80. The van der Waals surface area contributed by atoms with Crippen LogP contribution in [0, 0.1) is 11.2 Å². The molecule has 0 aromatic heterocycles. The molecule has 154 valence electrons. The summed E-state index contributed by atoms with van der Waals surface area (Å²) in [6, 6.07) is 13.4. The number of nitrogens with zero attached hydrogens (tertiary/aromatic N) is 1. The first kappa shape index (κ1) is 20.8. The lowest BCUT2D eigenvalue weighted by Gasteiger charge is -2.39. The van der Waals surface area contributed by atoms with Crippen molar-refractivity contribution in [3.63, 3.8) is 0 Å². The molecule has 1 aliphatic heterocycles. The lowest BCUT2D eigenvalue weighted by Crippen LogP contribution is -2.51. The summed E-state index contributed by atoms with van der Waals surface area (Å²) in [5.41, 5.74) is 0.525. The predicted octanol–water partition coefficient (Wildman–Crippen LogP) is 3.78. The van der Waals surface area contributed by atoms with Crippen LogP contribution in [0.3, 0.4) is 0 Å². The quantitative estimate of drug-likeness (QED) is 0.806. The number of ether oxygens (including phenoxy) is 1. The fourth-order valence-electron chi connectivity index (χ4n) is 3.74. The van der Waals surface area contributed by atoms with E-state index in [9.17, 15) is 14.0 Å². The Hall–Kier alpha value is -2.89. The van der Waals surface area contributed by atoms with Gasteiger partial charge in [0, 0.05) is 19.6 Å². The van der Waals surface area contributed by atoms with Gasteiger partial charge in [-0.3, -0.25) is 9.59 Å². The molecule has 1 N–H and O–H groups in total. The van der Waals surface area contributed by atoms with E-state index in [1.165, 1.54) is 12.1 Å². The summed E-state index contributed by atoms with van der Waals surface area (Å²) in [5.74, 6) is -0.0246. The minimum absolute atomic E-state index is 0.127. The highest BCUT2D eigenvalue weighted by Crippen LogP contribution is 2.32. The van der Waals surface area contributed by atoms with Gasteiger partial charge in [0.1, 0.15) is 11.6 Å². The Morgan fingerprint density at radius 3 is 2.76 bits per heavy atom. The van der Waals surface area contributed by atoms with Gasteiger partial charge in [-0.1, -0.05) is 24.3 Å². The molecule has 1 saturated heterocycles. The van der Waals surface area contributed by atoms with E-state index in [0.29, 0.717) is 43.0 Å². The van der Waals surface area contributed by atoms with E-state index in [2.05, 4.69) is 5.32 Å². The molecule has 2 amide bonds. The van der Waals surface area contributed by atoms with Crippen LogP contribution in [0.2, 0.25) is 0 Å². The molecule has 6 heteroatoms. The summed E-state index contributed by atoms with van der Waals surface area (Å²) in [5, 5.41) is 2.90. The van der Waals surface area contributed by atoms with Crippen LogP contribution in [0.15, 0.2) is 48.5 Å². The summed E-state index contributed by atoms with van der Waals surface area (Å²) < 4.78 is 18.9. The maximum atomic E-state index is 13.3. The molecule has 1 aliphatic rings. The number of halogens is 1. The molecule has 29 heavy (non-hydrogen) atoms. The average Bonchev–Trinajstić information content (AvgIpc) is 2.72. The van der Waals surface area contributed by atoms with Gasteiger partial charge >= 0.3 is 0 Å². The third-order valence-corrected chi connectivity index (χ3v) is 5.29. The van der Waals surface area contributed by atoms with Gasteiger partial charge < -0.3 is 15.0 Å². The average molecular weight is 398 g/mol.